The predicted octanol–water partition coefficient (Wildman–Crippen LogP) is 7.61. The molecule has 0 bridgehead atoms. The highest BCUT2D eigenvalue weighted by atomic mass is 16.8. The molecule has 0 aliphatic carbocycles. The molecule has 12 atom stereocenters. The lowest BCUT2D eigenvalue weighted by atomic mass is 9.88. The minimum Gasteiger partial charge on any atom is -0.508 e. The number of hydrogen-bond donors (Lipinski definition) is 9. The van der Waals surface area contributed by atoms with E-state index in [-0.39, 0.29) is 52.6 Å². The molecule has 6 aromatic carbocycles. The van der Waals surface area contributed by atoms with Crippen LogP contribution in [-0.2, 0) is 48.1 Å². The highest BCUT2D eigenvalue weighted by Crippen LogP contribution is 2.49. The molecule has 0 aromatic heterocycles. The number of β-amino-alcohol motifs (C(OH)–C–C–N with tert-alkyl or cyclic N) is 3. The van der Waals surface area contributed by atoms with E-state index in [0.29, 0.717) is 56.0 Å². The third kappa shape index (κ3) is 13.0. The fourth-order valence-corrected chi connectivity index (χ4v) is 12.5. The van der Waals surface area contributed by atoms with Crippen molar-refractivity contribution in [2.75, 3.05) is 19.6 Å². The molecule has 12 rings (SSSR count). The maximum absolute atomic E-state index is 10.7. The van der Waals surface area contributed by atoms with Crippen LogP contribution in [0.5, 0.6) is 34.5 Å². The molecule has 0 radical (unpaired) electrons. The van der Waals surface area contributed by atoms with Crippen LogP contribution in [0.3, 0.4) is 0 Å². The van der Waals surface area contributed by atoms with E-state index < -0.39 is 72.3 Å². The van der Waals surface area contributed by atoms with E-state index in [1.54, 1.807) is 36.4 Å². The summed E-state index contributed by atoms with van der Waals surface area (Å²) in [5, 5.41) is 92.6. The average Bonchev–Trinajstić information content (AvgIpc) is 4.18. The van der Waals surface area contributed by atoms with Gasteiger partial charge in [0.2, 0.25) is 0 Å². The van der Waals surface area contributed by atoms with Crippen LogP contribution in [0.15, 0.2) is 146 Å². The van der Waals surface area contributed by atoms with E-state index in [1.807, 2.05) is 133 Å². The van der Waals surface area contributed by atoms with Gasteiger partial charge in [0.25, 0.3) is 0 Å². The largest absolute Gasteiger partial charge is 0.508 e. The number of hydrogen-bond acceptors (Lipinski definition) is 18. The van der Waals surface area contributed by atoms with Crippen LogP contribution in [0.4, 0.5) is 0 Å². The minimum atomic E-state index is -0.816. The second-order valence-electron chi connectivity index (χ2n) is 23.2. The van der Waals surface area contributed by atoms with Crippen molar-refractivity contribution >= 4 is 0 Å². The summed E-state index contributed by atoms with van der Waals surface area (Å²) in [5.41, 5.74) is 5.24. The Labute approximate surface area is 472 Å². The number of piperidine rings is 3. The number of benzene rings is 6. The Morgan fingerprint density at radius 3 is 0.815 bits per heavy atom. The van der Waals surface area contributed by atoms with Crippen LogP contribution in [-0.4, -0.2) is 153 Å². The van der Waals surface area contributed by atoms with Crippen LogP contribution in [0.1, 0.15) is 93.0 Å². The maximum atomic E-state index is 10.7. The van der Waals surface area contributed by atoms with E-state index in [0.717, 1.165) is 16.7 Å². The van der Waals surface area contributed by atoms with Crippen molar-refractivity contribution in [1.29, 1.82) is 0 Å². The summed E-state index contributed by atoms with van der Waals surface area (Å²) >= 11 is 0. The number of phenols is 6. The molecule has 6 aliphatic heterocycles. The standard InChI is InChI=1S/3C21H25NO5/c3*1-21(2)26-19-17(25)12-22(11-13-6-4-3-5-7-13)18(20(19)27-21)15-9-8-14(23)10-16(15)24/h3*3-10,17-20,23-25H,11-12H2,1-2H3/t3*17-,18-,19+,20-/m000/s1. The summed E-state index contributed by atoms with van der Waals surface area (Å²) in [7, 11) is 0. The van der Waals surface area contributed by atoms with Crippen molar-refractivity contribution in [2.24, 2.45) is 0 Å². The first-order valence-corrected chi connectivity index (χ1v) is 27.5. The van der Waals surface area contributed by atoms with Gasteiger partial charge in [-0.3, -0.25) is 14.7 Å². The summed E-state index contributed by atoms with van der Waals surface area (Å²) in [6.45, 7) is 13.9. The van der Waals surface area contributed by atoms with Gasteiger partial charge in [-0.05, 0) is 94.6 Å². The monoisotopic (exact) mass is 1110 g/mol. The molecule has 432 valence electrons. The molecular weight excluding hydrogens is 1040 g/mol. The Hall–Kier alpha value is -6.36. The highest BCUT2D eigenvalue weighted by molar-refractivity contribution is 5.45. The quantitative estimate of drug-likeness (QED) is 0.0676. The Bertz CT molecular complexity index is 2750. The second-order valence-corrected chi connectivity index (χ2v) is 23.2. The Morgan fingerprint density at radius 2 is 0.580 bits per heavy atom. The molecule has 0 spiro atoms. The first-order valence-electron chi connectivity index (χ1n) is 27.5. The zero-order chi connectivity index (χ0) is 57.5. The van der Waals surface area contributed by atoms with Crippen molar-refractivity contribution < 1.29 is 74.4 Å². The number of nitrogens with zero attached hydrogens (tertiary/aromatic N) is 3. The van der Waals surface area contributed by atoms with Gasteiger partial charge in [-0.1, -0.05) is 91.0 Å². The van der Waals surface area contributed by atoms with Crippen molar-refractivity contribution in [3.8, 4) is 34.5 Å². The lowest BCUT2D eigenvalue weighted by molar-refractivity contribution is -0.153. The summed E-state index contributed by atoms with van der Waals surface area (Å²) in [6.07, 6.45) is -4.86. The van der Waals surface area contributed by atoms with Gasteiger partial charge in [-0.25, -0.2) is 0 Å². The smallest absolute Gasteiger partial charge is 0.163 e. The Kier molecular flexibility index (Phi) is 16.8. The molecule has 6 aromatic rings. The maximum Gasteiger partial charge on any atom is 0.163 e. The minimum absolute atomic E-state index is 0.00140. The average molecular weight is 1110 g/mol. The molecule has 0 unspecified atom stereocenters. The zero-order valence-corrected chi connectivity index (χ0v) is 46.3. The molecule has 0 amide bonds. The zero-order valence-electron chi connectivity index (χ0n) is 46.3. The van der Waals surface area contributed by atoms with Crippen molar-refractivity contribution in [3.63, 3.8) is 0 Å². The summed E-state index contributed by atoms with van der Waals surface area (Å²) < 4.78 is 36.3. The van der Waals surface area contributed by atoms with Crippen molar-refractivity contribution in [1.82, 2.24) is 14.7 Å². The molecule has 18 nitrogen and oxygen atoms in total. The topological polar surface area (TPSA) is 247 Å². The number of ether oxygens (including phenoxy) is 6. The molecule has 6 aliphatic rings. The van der Waals surface area contributed by atoms with Gasteiger partial charge in [0, 0.05) is 74.2 Å². The summed E-state index contributed by atoms with van der Waals surface area (Å²) in [4.78, 5) is 6.29. The number of rotatable bonds is 9. The van der Waals surface area contributed by atoms with Gasteiger partial charge < -0.3 is 74.4 Å². The predicted molar refractivity (Wildman–Crippen MR) is 298 cm³/mol. The molecule has 6 heterocycles. The molecule has 0 saturated carbocycles. The van der Waals surface area contributed by atoms with Crippen LogP contribution in [0.2, 0.25) is 0 Å². The highest BCUT2D eigenvalue weighted by Gasteiger charge is 2.57. The normalized spacial score (nSPS) is 30.2. The number of likely N-dealkylation sites (tertiary alicyclic amines) is 3. The van der Waals surface area contributed by atoms with E-state index in [2.05, 4.69) is 14.7 Å². The Balaban J connectivity index is 0.000000136. The fourth-order valence-electron chi connectivity index (χ4n) is 12.5. The third-order valence-corrected chi connectivity index (χ3v) is 15.7. The molecular formula is C63H75N3O15. The lowest BCUT2D eigenvalue weighted by Crippen LogP contribution is -2.55. The van der Waals surface area contributed by atoms with Gasteiger partial charge in [0.15, 0.2) is 17.4 Å². The van der Waals surface area contributed by atoms with Crippen molar-refractivity contribution in [3.05, 3.63) is 179 Å². The van der Waals surface area contributed by atoms with Gasteiger partial charge in [-0.2, -0.15) is 0 Å². The first-order chi connectivity index (χ1) is 38.5. The van der Waals surface area contributed by atoms with E-state index in [4.69, 9.17) is 28.4 Å². The summed E-state index contributed by atoms with van der Waals surface area (Å²) in [6, 6.07) is 42.7. The van der Waals surface area contributed by atoms with Crippen LogP contribution in [0, 0.1) is 0 Å². The molecule has 18 heteroatoms. The fraction of sp³-hybridized carbons (Fsp3) is 0.429. The summed E-state index contributed by atoms with van der Waals surface area (Å²) in [5.74, 6) is -2.44. The van der Waals surface area contributed by atoms with E-state index in [9.17, 15) is 46.0 Å². The molecule has 6 saturated heterocycles. The lowest BCUT2D eigenvalue weighted by Gasteiger charge is -2.43. The van der Waals surface area contributed by atoms with Gasteiger partial charge in [0.05, 0.1) is 36.4 Å². The molecule has 6 fully saturated rings. The van der Waals surface area contributed by atoms with Gasteiger partial charge in [-0.15, -0.1) is 0 Å². The number of aliphatic hydroxyl groups excluding tert-OH is 3. The van der Waals surface area contributed by atoms with Gasteiger partial charge >= 0.3 is 0 Å². The number of phenolic OH excluding ortho intramolecular Hbond substituents is 6. The number of aromatic hydroxyl groups is 6. The third-order valence-electron chi connectivity index (χ3n) is 15.7. The van der Waals surface area contributed by atoms with E-state index in [1.165, 1.54) is 18.2 Å². The first kappa shape index (κ1) is 57.9. The SMILES string of the molecule is CC1(C)O[C@@H]2[C@H](O1)[C@@H](O)CN(Cc1ccccc1)[C@H]2c1ccc(O)cc1O.CC1(C)O[C@@H]2[C@H](O1)[C@@H](O)CN(Cc1ccccc1)[C@H]2c1ccc(O)cc1O.CC1(C)O[C@@H]2[C@H](O1)[C@@H](O)CN(Cc1ccccc1)[C@H]2c1ccc(O)cc1O. The number of fused-ring (bicyclic) bond motifs is 3. The molecule has 9 N–H and O–H groups in total. The van der Waals surface area contributed by atoms with Crippen molar-refractivity contribution in [2.45, 2.75) is 152 Å². The van der Waals surface area contributed by atoms with Crippen LogP contribution < -0.4 is 0 Å². The molecule has 81 heavy (non-hydrogen) atoms. The van der Waals surface area contributed by atoms with Crippen LogP contribution >= 0.6 is 0 Å². The Morgan fingerprint density at radius 1 is 0.346 bits per heavy atom. The van der Waals surface area contributed by atoms with E-state index >= 15 is 0 Å². The van der Waals surface area contributed by atoms with Gasteiger partial charge in [0.1, 0.15) is 71.1 Å². The second kappa shape index (κ2) is 23.5. The number of aliphatic hydroxyl groups is 3. The van der Waals surface area contributed by atoms with Crippen LogP contribution in [0.25, 0.3) is 0 Å².